The van der Waals surface area contributed by atoms with Crippen molar-refractivity contribution in [2.45, 2.75) is 62.4 Å². The standard InChI is InChI=1S/C26H29NO8S2/c1-19-6-10-24(11-7-19)36(28,29)33-17-21-15-23(35-26-5-3-4-14-32-26)16-22(27-21)18-34-37(30,31)25-12-8-20(2)9-13-25/h6-13,15-16,26H,3-5,14,17-18H2,1-2H3. The second kappa shape index (κ2) is 11.7. The first-order chi connectivity index (χ1) is 17.6. The zero-order valence-corrected chi connectivity index (χ0v) is 22.3. The predicted octanol–water partition coefficient (Wildman–Crippen LogP) is 4.41. The molecule has 1 aliphatic heterocycles. The summed E-state index contributed by atoms with van der Waals surface area (Å²) < 4.78 is 72.6. The molecule has 1 atom stereocenters. The summed E-state index contributed by atoms with van der Waals surface area (Å²) in [5.41, 5.74) is 2.30. The fraction of sp³-hybridized carbons (Fsp3) is 0.346. The summed E-state index contributed by atoms with van der Waals surface area (Å²) in [6.45, 7) is 3.52. The minimum absolute atomic E-state index is 0.0221. The third kappa shape index (κ3) is 7.59. The Kier molecular flexibility index (Phi) is 8.60. The van der Waals surface area contributed by atoms with E-state index in [0.29, 0.717) is 18.8 Å². The van der Waals surface area contributed by atoms with Crippen LogP contribution in [0.5, 0.6) is 5.75 Å². The van der Waals surface area contributed by atoms with E-state index in [1.165, 1.54) is 24.3 Å². The normalized spacial score (nSPS) is 16.4. The number of pyridine rings is 1. The third-order valence-corrected chi connectivity index (χ3v) is 8.21. The lowest BCUT2D eigenvalue weighted by Crippen LogP contribution is -2.25. The van der Waals surface area contributed by atoms with E-state index in [2.05, 4.69) is 4.98 Å². The Balaban J connectivity index is 1.53. The Labute approximate surface area is 217 Å². The van der Waals surface area contributed by atoms with E-state index in [-0.39, 0.29) is 34.4 Å². The summed E-state index contributed by atoms with van der Waals surface area (Å²) in [6.07, 6.45) is 2.13. The molecule has 0 amide bonds. The van der Waals surface area contributed by atoms with E-state index < -0.39 is 26.5 Å². The SMILES string of the molecule is Cc1ccc(S(=O)(=O)OCc2cc(OC3CCCCO3)cc(COS(=O)(=O)c3ccc(C)cc3)n2)cc1. The molecule has 0 radical (unpaired) electrons. The monoisotopic (exact) mass is 547 g/mol. The van der Waals surface area contributed by atoms with Crippen molar-refractivity contribution >= 4 is 20.2 Å². The largest absolute Gasteiger partial charge is 0.465 e. The molecular weight excluding hydrogens is 518 g/mol. The number of rotatable bonds is 10. The van der Waals surface area contributed by atoms with E-state index in [1.807, 2.05) is 13.8 Å². The van der Waals surface area contributed by atoms with Crippen molar-refractivity contribution in [3.63, 3.8) is 0 Å². The summed E-state index contributed by atoms with van der Waals surface area (Å²) in [6, 6.07) is 15.7. The van der Waals surface area contributed by atoms with Gasteiger partial charge < -0.3 is 9.47 Å². The van der Waals surface area contributed by atoms with Crippen molar-refractivity contribution in [2.75, 3.05) is 6.61 Å². The number of aromatic nitrogens is 1. The van der Waals surface area contributed by atoms with E-state index in [0.717, 1.165) is 24.0 Å². The van der Waals surface area contributed by atoms with Crippen LogP contribution in [0.15, 0.2) is 70.5 Å². The molecule has 1 saturated heterocycles. The van der Waals surface area contributed by atoms with Crippen molar-refractivity contribution < 1.29 is 34.7 Å². The summed E-state index contributed by atoms with van der Waals surface area (Å²) >= 11 is 0. The van der Waals surface area contributed by atoms with Crippen LogP contribution >= 0.6 is 0 Å². The molecule has 1 aromatic heterocycles. The lowest BCUT2D eigenvalue weighted by molar-refractivity contribution is -0.106. The van der Waals surface area contributed by atoms with Crippen LogP contribution in [-0.2, 0) is 46.6 Å². The molecule has 2 aromatic carbocycles. The van der Waals surface area contributed by atoms with Crippen LogP contribution < -0.4 is 4.74 Å². The first kappa shape index (κ1) is 27.2. The molecule has 4 rings (SSSR count). The number of hydrogen-bond donors (Lipinski definition) is 0. The van der Waals surface area contributed by atoms with Crippen LogP contribution in [0.2, 0.25) is 0 Å². The van der Waals surface area contributed by atoms with E-state index >= 15 is 0 Å². The van der Waals surface area contributed by atoms with Gasteiger partial charge in [-0.1, -0.05) is 35.4 Å². The maximum atomic E-state index is 12.6. The minimum atomic E-state index is -4.04. The molecule has 0 saturated carbocycles. The Morgan fingerprint density at radius 2 is 1.27 bits per heavy atom. The maximum absolute atomic E-state index is 12.6. The van der Waals surface area contributed by atoms with Crippen molar-refractivity contribution in [3.8, 4) is 5.75 Å². The molecule has 0 aliphatic carbocycles. The number of hydrogen-bond acceptors (Lipinski definition) is 9. The zero-order valence-electron chi connectivity index (χ0n) is 20.6. The van der Waals surface area contributed by atoms with Crippen molar-refractivity contribution in [1.82, 2.24) is 4.98 Å². The highest BCUT2D eigenvalue weighted by Crippen LogP contribution is 2.24. The van der Waals surface area contributed by atoms with Gasteiger partial charge in [-0.2, -0.15) is 16.8 Å². The number of nitrogens with zero attached hydrogens (tertiary/aromatic N) is 1. The van der Waals surface area contributed by atoms with Crippen molar-refractivity contribution in [2.24, 2.45) is 0 Å². The number of ether oxygens (including phenoxy) is 2. The fourth-order valence-corrected chi connectivity index (χ4v) is 5.38. The van der Waals surface area contributed by atoms with Gasteiger partial charge in [0.1, 0.15) is 19.0 Å². The number of benzene rings is 2. The van der Waals surface area contributed by atoms with Gasteiger partial charge in [-0.05, 0) is 51.0 Å². The van der Waals surface area contributed by atoms with Gasteiger partial charge in [0.05, 0.1) is 27.8 Å². The highest BCUT2D eigenvalue weighted by molar-refractivity contribution is 7.87. The molecule has 0 N–H and O–H groups in total. The highest BCUT2D eigenvalue weighted by atomic mass is 32.2. The molecular formula is C26H29NO8S2. The fourth-order valence-electron chi connectivity index (χ4n) is 3.61. The van der Waals surface area contributed by atoms with Gasteiger partial charge in [-0.3, -0.25) is 13.4 Å². The quantitative estimate of drug-likeness (QED) is 0.340. The lowest BCUT2D eigenvalue weighted by atomic mass is 10.2. The van der Waals surface area contributed by atoms with Crippen LogP contribution in [-0.4, -0.2) is 34.7 Å². The van der Waals surface area contributed by atoms with E-state index in [1.54, 1.807) is 36.4 Å². The molecule has 3 aromatic rings. The van der Waals surface area contributed by atoms with Crippen molar-refractivity contribution in [3.05, 3.63) is 83.2 Å². The van der Waals surface area contributed by atoms with Gasteiger partial charge in [0, 0.05) is 18.6 Å². The van der Waals surface area contributed by atoms with Crippen LogP contribution in [0.25, 0.3) is 0 Å². The van der Waals surface area contributed by atoms with Crippen LogP contribution in [0, 0.1) is 13.8 Å². The molecule has 1 aliphatic rings. The number of aryl methyl sites for hydroxylation is 2. The maximum Gasteiger partial charge on any atom is 0.297 e. The summed E-state index contributed by atoms with van der Waals surface area (Å²) in [5, 5.41) is 0. The molecule has 11 heteroatoms. The molecule has 0 bridgehead atoms. The first-order valence-corrected chi connectivity index (χ1v) is 14.6. The van der Waals surface area contributed by atoms with Gasteiger partial charge in [-0.15, -0.1) is 0 Å². The Morgan fingerprint density at radius 1 is 0.784 bits per heavy atom. The second-order valence-corrected chi connectivity index (χ2v) is 12.0. The summed E-state index contributed by atoms with van der Waals surface area (Å²) in [7, 11) is -8.07. The molecule has 1 fully saturated rings. The predicted molar refractivity (Wildman–Crippen MR) is 135 cm³/mol. The molecule has 1 unspecified atom stereocenters. The van der Waals surface area contributed by atoms with Gasteiger partial charge in [0.2, 0.25) is 0 Å². The average Bonchev–Trinajstić information content (AvgIpc) is 2.87. The van der Waals surface area contributed by atoms with Crippen LogP contribution in [0.3, 0.4) is 0 Å². The molecule has 9 nitrogen and oxygen atoms in total. The van der Waals surface area contributed by atoms with Gasteiger partial charge in [-0.25, -0.2) is 0 Å². The first-order valence-electron chi connectivity index (χ1n) is 11.8. The molecule has 0 spiro atoms. The minimum Gasteiger partial charge on any atom is -0.465 e. The smallest absolute Gasteiger partial charge is 0.297 e. The van der Waals surface area contributed by atoms with Gasteiger partial charge in [0.15, 0.2) is 6.29 Å². The zero-order chi connectivity index (χ0) is 26.5. The molecule has 198 valence electrons. The lowest BCUT2D eigenvalue weighted by Gasteiger charge is -2.23. The van der Waals surface area contributed by atoms with Gasteiger partial charge >= 0.3 is 0 Å². The Morgan fingerprint density at radius 3 is 1.70 bits per heavy atom. The van der Waals surface area contributed by atoms with Crippen molar-refractivity contribution in [1.29, 1.82) is 0 Å². The summed E-state index contributed by atoms with van der Waals surface area (Å²) in [5.74, 6) is 0.347. The van der Waals surface area contributed by atoms with Gasteiger partial charge in [0.25, 0.3) is 20.2 Å². The van der Waals surface area contributed by atoms with Crippen LogP contribution in [0.4, 0.5) is 0 Å². The Hall–Kier alpha value is -2.83. The molecule has 2 heterocycles. The topological polar surface area (TPSA) is 118 Å². The average molecular weight is 548 g/mol. The second-order valence-electron chi connectivity index (χ2n) is 8.76. The molecule has 37 heavy (non-hydrogen) atoms. The van der Waals surface area contributed by atoms with E-state index in [9.17, 15) is 16.8 Å². The third-order valence-electron chi connectivity index (χ3n) is 5.65. The summed E-state index contributed by atoms with van der Waals surface area (Å²) in [4.78, 5) is 4.39. The highest BCUT2D eigenvalue weighted by Gasteiger charge is 2.20. The van der Waals surface area contributed by atoms with Crippen LogP contribution in [0.1, 0.15) is 41.8 Å². The van der Waals surface area contributed by atoms with E-state index in [4.69, 9.17) is 17.8 Å². The Bertz CT molecular complexity index is 1320.